The average molecular weight is 320 g/mol. The van der Waals surface area contributed by atoms with Crippen LogP contribution in [0.5, 0.6) is 5.75 Å². The smallest absolute Gasteiger partial charge is 0.253 e. The molecule has 0 N–H and O–H groups in total. The van der Waals surface area contributed by atoms with Crippen LogP contribution in [-0.4, -0.2) is 69.3 Å². The van der Waals surface area contributed by atoms with Crippen molar-refractivity contribution in [3.05, 3.63) is 29.8 Å². The number of ether oxygens (including phenoxy) is 2. The van der Waals surface area contributed by atoms with E-state index in [-0.39, 0.29) is 11.4 Å². The fourth-order valence-electron chi connectivity index (χ4n) is 3.26. The van der Waals surface area contributed by atoms with Gasteiger partial charge >= 0.3 is 0 Å². The lowest BCUT2D eigenvalue weighted by Crippen LogP contribution is -2.54. The van der Waals surface area contributed by atoms with Gasteiger partial charge in [0.25, 0.3) is 5.91 Å². The molecule has 1 aliphatic heterocycles. The van der Waals surface area contributed by atoms with Gasteiger partial charge in [-0.1, -0.05) is 0 Å². The van der Waals surface area contributed by atoms with Crippen molar-refractivity contribution in [3.63, 3.8) is 0 Å². The van der Waals surface area contributed by atoms with Gasteiger partial charge in [0.1, 0.15) is 5.75 Å². The van der Waals surface area contributed by atoms with Gasteiger partial charge in [0.05, 0.1) is 7.11 Å². The molecular weight excluding hydrogens is 292 g/mol. The third kappa shape index (κ3) is 4.03. The summed E-state index contributed by atoms with van der Waals surface area (Å²) in [6, 6.07) is 7.33. The van der Waals surface area contributed by atoms with Gasteiger partial charge in [-0.15, -0.1) is 0 Å². The standard InChI is InChI=1S/C18H28N2O3/c1-19(2)18(11-14-22-3)9-12-20(13-10-18)17(21)15-5-7-16(23-4)8-6-15/h5-8H,9-14H2,1-4H3. The first-order valence-electron chi connectivity index (χ1n) is 8.12. The Bertz CT molecular complexity index is 506. The normalized spacial score (nSPS) is 17.3. The second kappa shape index (κ2) is 7.79. The highest BCUT2D eigenvalue weighted by Crippen LogP contribution is 2.31. The number of likely N-dealkylation sites (tertiary alicyclic amines) is 1. The summed E-state index contributed by atoms with van der Waals surface area (Å²) in [4.78, 5) is 16.9. The molecule has 0 unspecified atom stereocenters. The summed E-state index contributed by atoms with van der Waals surface area (Å²) in [5, 5.41) is 0. The van der Waals surface area contributed by atoms with Gasteiger partial charge in [-0.25, -0.2) is 0 Å². The zero-order valence-corrected chi connectivity index (χ0v) is 14.7. The summed E-state index contributed by atoms with van der Waals surface area (Å²) in [5.41, 5.74) is 0.854. The van der Waals surface area contributed by atoms with E-state index in [0.29, 0.717) is 0 Å². The number of carbonyl (C=O) groups excluding carboxylic acids is 1. The quantitative estimate of drug-likeness (QED) is 0.806. The zero-order valence-electron chi connectivity index (χ0n) is 14.7. The highest BCUT2D eigenvalue weighted by molar-refractivity contribution is 5.94. The maximum atomic E-state index is 12.6. The molecule has 2 rings (SSSR count). The monoisotopic (exact) mass is 320 g/mol. The Hall–Kier alpha value is -1.59. The number of carbonyl (C=O) groups is 1. The first-order valence-corrected chi connectivity index (χ1v) is 8.12. The SMILES string of the molecule is COCCC1(N(C)C)CCN(C(=O)c2ccc(OC)cc2)CC1. The van der Waals surface area contributed by atoms with Crippen LogP contribution in [-0.2, 0) is 4.74 Å². The van der Waals surface area contributed by atoms with Gasteiger partial charge in [0, 0.05) is 37.9 Å². The Balaban J connectivity index is 2.00. The minimum atomic E-state index is 0.103. The summed E-state index contributed by atoms with van der Waals surface area (Å²) in [6.07, 6.45) is 2.96. The van der Waals surface area contributed by atoms with Gasteiger partial charge in [0.2, 0.25) is 0 Å². The number of amides is 1. The number of hydrogen-bond donors (Lipinski definition) is 0. The van der Waals surface area contributed by atoms with Crippen LogP contribution < -0.4 is 4.74 Å². The minimum Gasteiger partial charge on any atom is -0.497 e. The Morgan fingerprint density at radius 3 is 2.26 bits per heavy atom. The lowest BCUT2D eigenvalue weighted by Gasteiger charge is -2.46. The van der Waals surface area contributed by atoms with Crippen LogP contribution in [0.3, 0.4) is 0 Å². The zero-order chi connectivity index (χ0) is 16.9. The van der Waals surface area contributed by atoms with Gasteiger partial charge in [-0.3, -0.25) is 4.79 Å². The van der Waals surface area contributed by atoms with Crippen LogP contribution in [0, 0.1) is 0 Å². The Morgan fingerprint density at radius 1 is 1.17 bits per heavy atom. The molecule has 128 valence electrons. The first kappa shape index (κ1) is 17.8. The van der Waals surface area contributed by atoms with E-state index in [1.54, 1.807) is 14.2 Å². The van der Waals surface area contributed by atoms with E-state index in [4.69, 9.17) is 9.47 Å². The molecule has 0 aromatic heterocycles. The van der Waals surface area contributed by atoms with Gasteiger partial charge in [0.15, 0.2) is 0 Å². The third-order valence-electron chi connectivity index (χ3n) is 5.04. The van der Waals surface area contributed by atoms with Crippen molar-refractivity contribution in [3.8, 4) is 5.75 Å². The van der Waals surface area contributed by atoms with Gasteiger partial charge < -0.3 is 19.3 Å². The van der Waals surface area contributed by atoms with E-state index < -0.39 is 0 Å². The van der Waals surface area contributed by atoms with E-state index in [9.17, 15) is 4.79 Å². The lowest BCUT2D eigenvalue weighted by molar-refractivity contribution is 0.0254. The van der Waals surface area contributed by atoms with Gasteiger partial charge in [-0.05, 0) is 57.6 Å². The molecule has 5 heteroatoms. The van der Waals surface area contributed by atoms with E-state index >= 15 is 0 Å². The number of rotatable bonds is 6. The van der Waals surface area contributed by atoms with Crippen LogP contribution in [0.4, 0.5) is 0 Å². The van der Waals surface area contributed by atoms with Crippen molar-refractivity contribution in [1.82, 2.24) is 9.80 Å². The average Bonchev–Trinajstić information content (AvgIpc) is 2.59. The second-order valence-corrected chi connectivity index (χ2v) is 6.38. The number of nitrogens with zero attached hydrogens (tertiary/aromatic N) is 2. The number of methoxy groups -OCH3 is 2. The van der Waals surface area contributed by atoms with Crippen molar-refractivity contribution < 1.29 is 14.3 Å². The van der Waals surface area contributed by atoms with Crippen LogP contribution in [0.25, 0.3) is 0 Å². The topological polar surface area (TPSA) is 42.0 Å². The molecule has 0 spiro atoms. The molecule has 0 radical (unpaired) electrons. The summed E-state index contributed by atoms with van der Waals surface area (Å²) in [5.74, 6) is 0.873. The molecule has 1 saturated heterocycles. The molecule has 5 nitrogen and oxygen atoms in total. The largest absolute Gasteiger partial charge is 0.497 e. The van der Waals surface area contributed by atoms with Crippen molar-refractivity contribution >= 4 is 5.91 Å². The van der Waals surface area contributed by atoms with E-state index in [2.05, 4.69) is 19.0 Å². The second-order valence-electron chi connectivity index (χ2n) is 6.38. The van der Waals surface area contributed by atoms with Crippen LogP contribution >= 0.6 is 0 Å². The molecule has 0 atom stereocenters. The molecule has 1 fully saturated rings. The molecule has 0 aliphatic carbocycles. The summed E-state index contributed by atoms with van der Waals surface area (Å²) < 4.78 is 10.4. The maximum absolute atomic E-state index is 12.6. The van der Waals surface area contributed by atoms with Crippen molar-refractivity contribution in [1.29, 1.82) is 0 Å². The van der Waals surface area contributed by atoms with E-state index in [0.717, 1.165) is 50.3 Å². The van der Waals surface area contributed by atoms with Crippen LogP contribution in [0.2, 0.25) is 0 Å². The minimum absolute atomic E-state index is 0.103. The fourth-order valence-corrected chi connectivity index (χ4v) is 3.26. The van der Waals surface area contributed by atoms with Crippen molar-refractivity contribution in [2.75, 3.05) is 48.0 Å². The molecule has 0 bridgehead atoms. The molecule has 1 amide bonds. The van der Waals surface area contributed by atoms with Crippen molar-refractivity contribution in [2.45, 2.75) is 24.8 Å². The Morgan fingerprint density at radius 2 is 1.78 bits per heavy atom. The predicted octanol–water partition coefficient (Wildman–Crippen LogP) is 2.27. The highest BCUT2D eigenvalue weighted by atomic mass is 16.5. The molecule has 1 aromatic rings. The molecule has 0 saturated carbocycles. The third-order valence-corrected chi connectivity index (χ3v) is 5.04. The van der Waals surface area contributed by atoms with Crippen molar-refractivity contribution in [2.24, 2.45) is 0 Å². The van der Waals surface area contributed by atoms with Crippen LogP contribution in [0.1, 0.15) is 29.6 Å². The van der Waals surface area contributed by atoms with Crippen LogP contribution in [0.15, 0.2) is 24.3 Å². The first-order chi connectivity index (χ1) is 11.0. The predicted molar refractivity (Wildman–Crippen MR) is 91.0 cm³/mol. The molecular formula is C18H28N2O3. The molecule has 23 heavy (non-hydrogen) atoms. The number of piperidine rings is 1. The molecule has 1 heterocycles. The highest BCUT2D eigenvalue weighted by Gasteiger charge is 2.37. The van der Waals surface area contributed by atoms with E-state index in [1.807, 2.05) is 29.2 Å². The molecule has 1 aliphatic rings. The Kier molecular flexibility index (Phi) is 6.02. The Labute approximate surface area is 139 Å². The summed E-state index contributed by atoms with van der Waals surface area (Å²) in [6.45, 7) is 2.32. The molecule has 1 aromatic carbocycles. The summed E-state index contributed by atoms with van der Waals surface area (Å²) in [7, 11) is 7.61. The maximum Gasteiger partial charge on any atom is 0.253 e. The fraction of sp³-hybridized carbons (Fsp3) is 0.611. The van der Waals surface area contributed by atoms with Gasteiger partial charge in [-0.2, -0.15) is 0 Å². The lowest BCUT2D eigenvalue weighted by atomic mass is 9.83. The summed E-state index contributed by atoms with van der Waals surface area (Å²) >= 11 is 0. The number of hydrogen-bond acceptors (Lipinski definition) is 4. The van der Waals surface area contributed by atoms with E-state index in [1.165, 1.54) is 0 Å². The number of benzene rings is 1.